The second-order valence-corrected chi connectivity index (χ2v) is 6.14. The molecule has 21 heavy (non-hydrogen) atoms. The standard InChI is InChI=1S/C19H24N2/c1-15-7-6-10-18(11-15)19-14-21(16(2)12-20-19)13-17-8-4-3-5-9-17/h3-11,16,19-20H,12-14H2,1-2H3/t16-,19?/m1/s1. The van der Waals surface area contributed by atoms with Crippen LogP contribution in [-0.2, 0) is 6.54 Å². The first kappa shape index (κ1) is 14.3. The van der Waals surface area contributed by atoms with Gasteiger partial charge < -0.3 is 5.32 Å². The topological polar surface area (TPSA) is 15.3 Å². The zero-order valence-electron chi connectivity index (χ0n) is 12.9. The van der Waals surface area contributed by atoms with E-state index in [2.05, 4.69) is 78.7 Å². The minimum absolute atomic E-state index is 0.435. The normalized spacial score (nSPS) is 23.1. The van der Waals surface area contributed by atoms with Crippen LogP contribution in [0.2, 0.25) is 0 Å². The van der Waals surface area contributed by atoms with Crippen molar-refractivity contribution in [2.24, 2.45) is 0 Å². The minimum atomic E-state index is 0.435. The number of benzene rings is 2. The van der Waals surface area contributed by atoms with Gasteiger partial charge in [-0.05, 0) is 25.0 Å². The molecule has 1 N–H and O–H groups in total. The maximum Gasteiger partial charge on any atom is 0.0450 e. The summed E-state index contributed by atoms with van der Waals surface area (Å²) in [6.45, 7) is 7.62. The van der Waals surface area contributed by atoms with Crippen molar-refractivity contribution < 1.29 is 0 Å². The van der Waals surface area contributed by atoms with E-state index in [4.69, 9.17) is 0 Å². The number of nitrogens with zero attached hydrogens (tertiary/aromatic N) is 1. The Kier molecular flexibility index (Phi) is 4.37. The fourth-order valence-electron chi connectivity index (χ4n) is 3.07. The van der Waals surface area contributed by atoms with Crippen LogP contribution in [0.15, 0.2) is 54.6 Å². The van der Waals surface area contributed by atoms with Gasteiger partial charge in [-0.2, -0.15) is 0 Å². The van der Waals surface area contributed by atoms with Crippen molar-refractivity contribution in [2.75, 3.05) is 13.1 Å². The summed E-state index contributed by atoms with van der Waals surface area (Å²) in [4.78, 5) is 2.58. The molecule has 0 saturated carbocycles. The first-order valence-corrected chi connectivity index (χ1v) is 7.80. The SMILES string of the molecule is Cc1cccc(C2CN(Cc3ccccc3)[C@H](C)CN2)c1. The summed E-state index contributed by atoms with van der Waals surface area (Å²) in [5.74, 6) is 0. The van der Waals surface area contributed by atoms with E-state index in [0.717, 1.165) is 19.6 Å². The van der Waals surface area contributed by atoms with Crippen LogP contribution in [-0.4, -0.2) is 24.0 Å². The highest BCUT2D eigenvalue weighted by Crippen LogP contribution is 2.22. The van der Waals surface area contributed by atoms with Crippen LogP contribution in [0.25, 0.3) is 0 Å². The highest BCUT2D eigenvalue weighted by atomic mass is 15.2. The van der Waals surface area contributed by atoms with E-state index >= 15 is 0 Å². The van der Waals surface area contributed by atoms with Gasteiger partial charge in [-0.3, -0.25) is 4.90 Å². The third-order valence-corrected chi connectivity index (χ3v) is 4.37. The number of hydrogen-bond donors (Lipinski definition) is 1. The molecule has 1 heterocycles. The van der Waals surface area contributed by atoms with Gasteiger partial charge in [0.25, 0.3) is 0 Å². The van der Waals surface area contributed by atoms with E-state index in [1.54, 1.807) is 0 Å². The molecule has 1 unspecified atom stereocenters. The van der Waals surface area contributed by atoms with Crippen molar-refractivity contribution in [1.82, 2.24) is 10.2 Å². The summed E-state index contributed by atoms with van der Waals surface area (Å²) in [7, 11) is 0. The Morgan fingerprint density at radius 1 is 1.10 bits per heavy atom. The lowest BCUT2D eigenvalue weighted by Gasteiger charge is -2.39. The van der Waals surface area contributed by atoms with Gasteiger partial charge in [-0.15, -0.1) is 0 Å². The van der Waals surface area contributed by atoms with Crippen molar-refractivity contribution in [3.05, 3.63) is 71.3 Å². The largest absolute Gasteiger partial charge is 0.307 e. The summed E-state index contributed by atoms with van der Waals surface area (Å²) in [5.41, 5.74) is 4.14. The van der Waals surface area contributed by atoms with E-state index in [0.29, 0.717) is 12.1 Å². The summed E-state index contributed by atoms with van der Waals surface area (Å²) in [6.07, 6.45) is 0. The van der Waals surface area contributed by atoms with Gasteiger partial charge in [0.15, 0.2) is 0 Å². The third kappa shape index (κ3) is 3.52. The van der Waals surface area contributed by atoms with Gasteiger partial charge >= 0.3 is 0 Å². The van der Waals surface area contributed by atoms with Crippen molar-refractivity contribution in [3.8, 4) is 0 Å². The highest BCUT2D eigenvalue weighted by molar-refractivity contribution is 5.26. The van der Waals surface area contributed by atoms with Gasteiger partial charge in [0, 0.05) is 31.7 Å². The van der Waals surface area contributed by atoms with Gasteiger partial charge in [0.2, 0.25) is 0 Å². The smallest absolute Gasteiger partial charge is 0.0450 e. The zero-order valence-corrected chi connectivity index (χ0v) is 12.9. The maximum atomic E-state index is 3.69. The lowest BCUT2D eigenvalue weighted by Crippen LogP contribution is -2.50. The number of nitrogens with one attached hydrogen (secondary N) is 1. The first-order chi connectivity index (χ1) is 10.2. The molecule has 2 aromatic rings. The van der Waals surface area contributed by atoms with Gasteiger partial charge in [0.05, 0.1) is 0 Å². The molecule has 0 radical (unpaired) electrons. The number of piperazine rings is 1. The second-order valence-electron chi connectivity index (χ2n) is 6.14. The van der Waals surface area contributed by atoms with E-state index in [-0.39, 0.29) is 0 Å². The molecule has 110 valence electrons. The molecule has 1 aliphatic heterocycles. The molecule has 1 saturated heterocycles. The molecular formula is C19H24N2. The molecule has 3 rings (SSSR count). The highest BCUT2D eigenvalue weighted by Gasteiger charge is 2.25. The van der Waals surface area contributed by atoms with Crippen LogP contribution < -0.4 is 5.32 Å². The van der Waals surface area contributed by atoms with E-state index in [1.165, 1.54) is 16.7 Å². The molecule has 0 aliphatic carbocycles. The van der Waals surface area contributed by atoms with Gasteiger partial charge in [-0.25, -0.2) is 0 Å². The predicted molar refractivity (Wildman–Crippen MR) is 88.2 cm³/mol. The molecule has 2 heteroatoms. The molecule has 0 bridgehead atoms. The molecule has 2 aromatic carbocycles. The Balaban J connectivity index is 1.72. The Bertz CT molecular complexity index is 579. The van der Waals surface area contributed by atoms with Crippen LogP contribution in [0, 0.1) is 6.92 Å². The van der Waals surface area contributed by atoms with Crippen molar-refractivity contribution in [2.45, 2.75) is 32.5 Å². The Morgan fingerprint density at radius 2 is 1.90 bits per heavy atom. The quantitative estimate of drug-likeness (QED) is 0.925. The monoisotopic (exact) mass is 280 g/mol. The number of hydrogen-bond acceptors (Lipinski definition) is 2. The van der Waals surface area contributed by atoms with E-state index in [1.807, 2.05) is 0 Å². The molecular weight excluding hydrogens is 256 g/mol. The summed E-state index contributed by atoms with van der Waals surface area (Å²) < 4.78 is 0. The average Bonchev–Trinajstić information content (AvgIpc) is 2.50. The second kappa shape index (κ2) is 6.42. The molecule has 0 amide bonds. The molecule has 0 spiro atoms. The lowest BCUT2D eigenvalue weighted by atomic mass is 10.00. The molecule has 0 aromatic heterocycles. The van der Waals surface area contributed by atoms with Crippen molar-refractivity contribution in [3.63, 3.8) is 0 Å². The fraction of sp³-hybridized carbons (Fsp3) is 0.368. The lowest BCUT2D eigenvalue weighted by molar-refractivity contribution is 0.133. The third-order valence-electron chi connectivity index (χ3n) is 4.37. The average molecular weight is 280 g/mol. The molecule has 1 fully saturated rings. The van der Waals surface area contributed by atoms with Crippen molar-refractivity contribution >= 4 is 0 Å². The van der Waals surface area contributed by atoms with Gasteiger partial charge in [0.1, 0.15) is 0 Å². The Labute approximate surface area is 127 Å². The number of aryl methyl sites for hydroxylation is 1. The predicted octanol–water partition coefficient (Wildman–Crippen LogP) is 3.53. The Hall–Kier alpha value is -1.64. The summed E-state index contributed by atoms with van der Waals surface area (Å²) in [6, 6.07) is 20.6. The molecule has 2 atom stereocenters. The van der Waals surface area contributed by atoms with Crippen LogP contribution in [0.3, 0.4) is 0 Å². The van der Waals surface area contributed by atoms with Gasteiger partial charge in [-0.1, -0.05) is 60.2 Å². The van der Waals surface area contributed by atoms with Crippen LogP contribution in [0.1, 0.15) is 29.7 Å². The summed E-state index contributed by atoms with van der Waals surface area (Å²) >= 11 is 0. The number of rotatable bonds is 3. The van der Waals surface area contributed by atoms with Crippen LogP contribution in [0.5, 0.6) is 0 Å². The van der Waals surface area contributed by atoms with Crippen LogP contribution >= 0.6 is 0 Å². The fourth-order valence-corrected chi connectivity index (χ4v) is 3.07. The molecule has 2 nitrogen and oxygen atoms in total. The van der Waals surface area contributed by atoms with Crippen molar-refractivity contribution in [1.29, 1.82) is 0 Å². The summed E-state index contributed by atoms with van der Waals surface area (Å²) in [5, 5.41) is 3.69. The Morgan fingerprint density at radius 3 is 2.67 bits per heavy atom. The zero-order chi connectivity index (χ0) is 14.7. The minimum Gasteiger partial charge on any atom is -0.307 e. The van der Waals surface area contributed by atoms with Crippen LogP contribution in [0.4, 0.5) is 0 Å². The first-order valence-electron chi connectivity index (χ1n) is 7.80. The van der Waals surface area contributed by atoms with E-state index in [9.17, 15) is 0 Å². The molecule has 1 aliphatic rings. The van der Waals surface area contributed by atoms with E-state index < -0.39 is 0 Å². The maximum absolute atomic E-state index is 3.69.